The van der Waals surface area contributed by atoms with Crippen LogP contribution in [-0.4, -0.2) is 10.1 Å². The molecule has 0 amide bonds. The maximum atomic E-state index is 9.60. The molecule has 1 heterocycles. The minimum atomic E-state index is -0.0367. The molecule has 72 valence electrons. The van der Waals surface area contributed by atoms with Crippen molar-refractivity contribution >= 4 is 17.6 Å². The monoisotopic (exact) mass is 210 g/mol. The van der Waals surface area contributed by atoms with E-state index in [2.05, 4.69) is 4.98 Å². The van der Waals surface area contributed by atoms with Crippen molar-refractivity contribution in [2.45, 2.75) is 0 Å². The highest BCUT2D eigenvalue weighted by Gasteiger charge is 2.11. The van der Waals surface area contributed by atoms with Gasteiger partial charge in [-0.1, -0.05) is 17.7 Å². The number of hydrogen-bond donors (Lipinski definition) is 2. The third-order valence-electron chi connectivity index (χ3n) is 1.78. The molecular formula is C9H7ClN2O2. The Morgan fingerprint density at radius 2 is 2.21 bits per heavy atom. The fourth-order valence-electron chi connectivity index (χ4n) is 1.13. The quantitative estimate of drug-likeness (QED) is 0.758. The second kappa shape index (κ2) is 3.23. The van der Waals surface area contributed by atoms with Crippen LogP contribution in [-0.2, 0) is 0 Å². The minimum absolute atomic E-state index is 0.0367. The summed E-state index contributed by atoms with van der Waals surface area (Å²) in [6, 6.07) is 5.01. The van der Waals surface area contributed by atoms with Gasteiger partial charge < -0.3 is 15.3 Å². The summed E-state index contributed by atoms with van der Waals surface area (Å²) in [5, 5.41) is 9.86. The van der Waals surface area contributed by atoms with Crippen molar-refractivity contribution in [2.75, 3.05) is 5.73 Å². The van der Waals surface area contributed by atoms with E-state index in [0.717, 1.165) is 0 Å². The fraction of sp³-hybridized carbons (Fsp3) is 0. The molecule has 2 aromatic rings. The number of nitrogens with two attached hydrogens (primary N) is 1. The summed E-state index contributed by atoms with van der Waals surface area (Å²) in [6.45, 7) is 0. The molecule has 2 rings (SSSR count). The molecule has 1 aromatic carbocycles. The number of nitrogens with zero attached hydrogens (tertiary/aromatic N) is 1. The topological polar surface area (TPSA) is 72.3 Å². The van der Waals surface area contributed by atoms with Crippen molar-refractivity contribution in [1.29, 1.82) is 0 Å². The van der Waals surface area contributed by atoms with Crippen LogP contribution >= 0.6 is 11.6 Å². The summed E-state index contributed by atoms with van der Waals surface area (Å²) in [6.07, 6.45) is 1.43. The van der Waals surface area contributed by atoms with Crippen LogP contribution in [0, 0.1) is 0 Å². The third kappa shape index (κ3) is 1.40. The fourth-order valence-corrected chi connectivity index (χ4v) is 1.30. The second-order valence-corrected chi connectivity index (χ2v) is 3.11. The molecule has 0 aliphatic heterocycles. The molecule has 3 N–H and O–H groups in total. The number of para-hydroxylation sites is 1. The lowest BCUT2D eigenvalue weighted by molar-refractivity contribution is 0.474. The van der Waals surface area contributed by atoms with E-state index in [1.807, 2.05) is 0 Å². The largest absolute Gasteiger partial charge is 0.506 e. The zero-order valence-electron chi connectivity index (χ0n) is 7.07. The molecule has 0 radical (unpaired) electrons. The van der Waals surface area contributed by atoms with E-state index in [0.29, 0.717) is 11.3 Å². The van der Waals surface area contributed by atoms with Crippen molar-refractivity contribution < 1.29 is 9.52 Å². The number of nitrogen functional groups attached to an aromatic ring is 1. The summed E-state index contributed by atoms with van der Waals surface area (Å²) in [7, 11) is 0. The van der Waals surface area contributed by atoms with Crippen molar-refractivity contribution in [3.8, 4) is 17.1 Å². The predicted octanol–water partition coefficient (Wildman–Crippen LogP) is 2.28. The number of phenolic OH excluding ortho intramolecular Hbond substituents is 1. The van der Waals surface area contributed by atoms with Gasteiger partial charge in [0.05, 0.1) is 16.8 Å². The normalized spacial score (nSPS) is 10.4. The lowest BCUT2D eigenvalue weighted by Gasteiger charge is -2.01. The maximum Gasteiger partial charge on any atom is 0.292 e. The molecule has 0 saturated heterocycles. The SMILES string of the molecule is Nc1ncc(-c2cccc(Cl)c2O)o1. The molecule has 0 saturated carbocycles. The first kappa shape index (κ1) is 8.90. The van der Waals surface area contributed by atoms with Gasteiger partial charge in [-0.2, -0.15) is 0 Å². The Labute approximate surface area is 84.9 Å². The standard InChI is InChI=1S/C9H7ClN2O2/c10-6-3-1-2-5(8(6)13)7-4-12-9(11)14-7/h1-4,13H,(H2,11,12). The Hall–Kier alpha value is -1.68. The predicted molar refractivity (Wildman–Crippen MR) is 53.0 cm³/mol. The van der Waals surface area contributed by atoms with Crippen molar-refractivity contribution in [2.24, 2.45) is 0 Å². The Morgan fingerprint density at radius 3 is 2.86 bits per heavy atom. The minimum Gasteiger partial charge on any atom is -0.506 e. The maximum absolute atomic E-state index is 9.60. The molecule has 0 spiro atoms. The summed E-state index contributed by atoms with van der Waals surface area (Å²) in [5.74, 6) is 0.354. The molecule has 0 atom stereocenters. The first-order valence-corrected chi connectivity index (χ1v) is 4.25. The van der Waals surface area contributed by atoms with Crippen LogP contribution in [0.5, 0.6) is 5.75 Å². The molecule has 0 aliphatic carbocycles. The van der Waals surface area contributed by atoms with Gasteiger partial charge in [0, 0.05) is 0 Å². The number of aromatic hydroxyl groups is 1. The Bertz CT molecular complexity index is 468. The van der Waals surface area contributed by atoms with E-state index in [1.165, 1.54) is 6.20 Å². The Morgan fingerprint density at radius 1 is 1.43 bits per heavy atom. The van der Waals surface area contributed by atoms with E-state index < -0.39 is 0 Å². The van der Waals surface area contributed by atoms with Gasteiger partial charge in [-0.25, -0.2) is 4.98 Å². The summed E-state index contributed by atoms with van der Waals surface area (Å²) in [5.41, 5.74) is 5.79. The average Bonchev–Trinajstić information content (AvgIpc) is 2.57. The van der Waals surface area contributed by atoms with Gasteiger partial charge in [-0.3, -0.25) is 0 Å². The molecule has 0 aliphatic rings. The van der Waals surface area contributed by atoms with Crippen molar-refractivity contribution in [1.82, 2.24) is 4.98 Å². The zero-order valence-corrected chi connectivity index (χ0v) is 7.82. The molecule has 1 aromatic heterocycles. The van der Waals surface area contributed by atoms with Crippen LogP contribution in [0.3, 0.4) is 0 Å². The number of benzene rings is 1. The van der Waals surface area contributed by atoms with Crippen molar-refractivity contribution in [3.05, 3.63) is 29.4 Å². The van der Waals surface area contributed by atoms with Crippen LogP contribution in [0.15, 0.2) is 28.8 Å². The lowest BCUT2D eigenvalue weighted by Crippen LogP contribution is -1.80. The number of halogens is 1. The lowest BCUT2D eigenvalue weighted by atomic mass is 10.1. The smallest absolute Gasteiger partial charge is 0.292 e. The van der Waals surface area contributed by atoms with Crippen molar-refractivity contribution in [3.63, 3.8) is 0 Å². The molecular weight excluding hydrogens is 204 g/mol. The highest BCUT2D eigenvalue weighted by Crippen LogP contribution is 2.35. The number of anilines is 1. The van der Waals surface area contributed by atoms with Gasteiger partial charge in [0.15, 0.2) is 5.76 Å². The Balaban J connectivity index is 2.57. The van der Waals surface area contributed by atoms with E-state index in [4.69, 9.17) is 21.8 Å². The molecule has 0 bridgehead atoms. The van der Waals surface area contributed by atoms with E-state index in [-0.39, 0.29) is 16.8 Å². The van der Waals surface area contributed by atoms with Gasteiger partial charge >= 0.3 is 0 Å². The molecule has 4 nitrogen and oxygen atoms in total. The Kier molecular flexibility index (Phi) is 2.05. The van der Waals surface area contributed by atoms with Gasteiger partial charge in [0.1, 0.15) is 5.75 Å². The number of hydrogen-bond acceptors (Lipinski definition) is 4. The van der Waals surface area contributed by atoms with Crippen LogP contribution in [0.4, 0.5) is 6.01 Å². The van der Waals surface area contributed by atoms with E-state index >= 15 is 0 Å². The van der Waals surface area contributed by atoms with Gasteiger partial charge in [0.2, 0.25) is 0 Å². The third-order valence-corrected chi connectivity index (χ3v) is 2.08. The number of oxazole rings is 1. The van der Waals surface area contributed by atoms with Gasteiger partial charge in [-0.05, 0) is 12.1 Å². The van der Waals surface area contributed by atoms with Gasteiger partial charge in [0.25, 0.3) is 6.01 Å². The number of rotatable bonds is 1. The summed E-state index contributed by atoms with van der Waals surface area (Å²) < 4.78 is 5.05. The highest BCUT2D eigenvalue weighted by atomic mass is 35.5. The van der Waals surface area contributed by atoms with Crippen LogP contribution in [0.2, 0.25) is 5.02 Å². The first-order chi connectivity index (χ1) is 6.68. The van der Waals surface area contributed by atoms with Crippen LogP contribution in [0.1, 0.15) is 0 Å². The molecule has 0 unspecified atom stereocenters. The molecule has 0 fully saturated rings. The van der Waals surface area contributed by atoms with Crippen LogP contribution in [0.25, 0.3) is 11.3 Å². The van der Waals surface area contributed by atoms with Crippen LogP contribution < -0.4 is 5.73 Å². The molecule has 14 heavy (non-hydrogen) atoms. The van der Waals surface area contributed by atoms with E-state index in [1.54, 1.807) is 18.2 Å². The summed E-state index contributed by atoms with van der Waals surface area (Å²) in [4.78, 5) is 3.72. The second-order valence-electron chi connectivity index (χ2n) is 2.70. The van der Waals surface area contributed by atoms with E-state index in [9.17, 15) is 5.11 Å². The molecule has 5 heteroatoms. The zero-order chi connectivity index (χ0) is 10.1. The summed E-state index contributed by atoms with van der Waals surface area (Å²) >= 11 is 5.73. The van der Waals surface area contributed by atoms with Gasteiger partial charge in [-0.15, -0.1) is 0 Å². The highest BCUT2D eigenvalue weighted by molar-refractivity contribution is 6.32. The number of phenols is 1. The number of aromatic nitrogens is 1. The average molecular weight is 211 g/mol. The first-order valence-electron chi connectivity index (χ1n) is 3.87.